The van der Waals surface area contributed by atoms with E-state index >= 15 is 0 Å². The molecule has 0 radical (unpaired) electrons. The van der Waals surface area contributed by atoms with Crippen molar-refractivity contribution in [2.24, 2.45) is 5.73 Å². The smallest absolute Gasteiger partial charge is 0.105 e. The molecule has 1 aromatic carbocycles. The van der Waals surface area contributed by atoms with Crippen molar-refractivity contribution in [3.05, 3.63) is 28.8 Å². The summed E-state index contributed by atoms with van der Waals surface area (Å²) in [5, 5.41) is 3.91. The number of benzene rings is 1. The Morgan fingerprint density at radius 2 is 2.39 bits per heavy atom. The predicted molar refractivity (Wildman–Crippen MR) is 79.4 cm³/mol. The van der Waals surface area contributed by atoms with E-state index in [0.717, 1.165) is 31.7 Å². The minimum absolute atomic E-state index is 0.0751. The molecular weight excluding hydrogens is 268 g/mol. The third-order valence-electron chi connectivity index (χ3n) is 3.20. The lowest BCUT2D eigenvalue weighted by molar-refractivity contribution is 0.0315. The van der Waals surface area contributed by atoms with E-state index in [1.807, 2.05) is 18.2 Å². The minimum Gasteiger partial charge on any atom is -0.389 e. The van der Waals surface area contributed by atoms with Gasteiger partial charge in [-0.2, -0.15) is 0 Å². The highest BCUT2D eigenvalue weighted by Gasteiger charge is 2.29. The summed E-state index contributed by atoms with van der Waals surface area (Å²) in [6.07, 6.45) is 2.21. The average molecular weight is 285 g/mol. The quantitative estimate of drug-likeness (QED) is 0.835. The highest BCUT2D eigenvalue weighted by atomic mass is 35.5. The van der Waals surface area contributed by atoms with Crippen LogP contribution in [0, 0.1) is 0 Å². The molecule has 1 unspecified atom stereocenters. The maximum atomic E-state index is 6.12. The molecule has 98 valence electrons. The van der Waals surface area contributed by atoms with Gasteiger partial charge >= 0.3 is 0 Å². The van der Waals surface area contributed by atoms with Gasteiger partial charge in [-0.05, 0) is 38.0 Å². The van der Waals surface area contributed by atoms with Crippen LogP contribution in [0.5, 0.6) is 0 Å². The highest BCUT2D eigenvalue weighted by Crippen LogP contribution is 2.26. The van der Waals surface area contributed by atoms with E-state index in [1.165, 1.54) is 0 Å². The van der Waals surface area contributed by atoms with Crippen LogP contribution in [0.25, 0.3) is 0 Å². The van der Waals surface area contributed by atoms with Gasteiger partial charge in [0.1, 0.15) is 4.99 Å². The lowest BCUT2D eigenvalue weighted by atomic mass is 10.0. The number of anilines is 1. The third kappa shape index (κ3) is 3.13. The number of hydrogen-bond acceptors (Lipinski definition) is 3. The number of nitrogens with one attached hydrogen (secondary N) is 1. The topological polar surface area (TPSA) is 47.3 Å². The Balaban J connectivity index is 2.02. The number of halogens is 1. The van der Waals surface area contributed by atoms with Gasteiger partial charge in [0.25, 0.3) is 0 Å². The number of thiocarbonyl (C=S) groups is 1. The van der Waals surface area contributed by atoms with E-state index in [0.29, 0.717) is 15.6 Å². The molecule has 0 amide bonds. The Bertz CT molecular complexity index is 458. The van der Waals surface area contributed by atoms with Crippen LogP contribution >= 0.6 is 23.8 Å². The largest absolute Gasteiger partial charge is 0.389 e. The van der Waals surface area contributed by atoms with Crippen molar-refractivity contribution < 1.29 is 4.74 Å². The summed E-state index contributed by atoms with van der Waals surface area (Å²) in [6, 6.07) is 5.61. The maximum absolute atomic E-state index is 6.12. The van der Waals surface area contributed by atoms with Crippen molar-refractivity contribution in [2.75, 3.05) is 18.5 Å². The summed E-state index contributed by atoms with van der Waals surface area (Å²) < 4.78 is 5.72. The second-order valence-electron chi connectivity index (χ2n) is 4.81. The number of rotatable bonds is 4. The maximum Gasteiger partial charge on any atom is 0.105 e. The molecule has 0 bridgehead atoms. The Hall–Kier alpha value is -0.840. The van der Waals surface area contributed by atoms with Gasteiger partial charge in [-0.3, -0.25) is 0 Å². The first-order valence-corrected chi connectivity index (χ1v) is 6.76. The molecule has 0 spiro atoms. The zero-order valence-corrected chi connectivity index (χ0v) is 11.9. The molecule has 5 heteroatoms. The van der Waals surface area contributed by atoms with Crippen molar-refractivity contribution in [1.29, 1.82) is 0 Å². The van der Waals surface area contributed by atoms with Crippen LogP contribution in [-0.4, -0.2) is 23.7 Å². The minimum atomic E-state index is -0.0751. The fourth-order valence-corrected chi connectivity index (χ4v) is 2.61. The summed E-state index contributed by atoms with van der Waals surface area (Å²) in [4.78, 5) is 0.317. The van der Waals surface area contributed by atoms with Crippen molar-refractivity contribution in [1.82, 2.24) is 0 Å². The Labute approximate surface area is 118 Å². The van der Waals surface area contributed by atoms with Gasteiger partial charge in [-0.15, -0.1) is 0 Å². The number of nitrogens with two attached hydrogens (primary N) is 1. The van der Waals surface area contributed by atoms with Crippen molar-refractivity contribution in [3.8, 4) is 0 Å². The van der Waals surface area contributed by atoms with Gasteiger partial charge in [0.15, 0.2) is 0 Å². The molecule has 0 aliphatic carbocycles. The molecule has 3 N–H and O–H groups in total. The van der Waals surface area contributed by atoms with Gasteiger partial charge in [-0.25, -0.2) is 0 Å². The van der Waals surface area contributed by atoms with E-state index in [9.17, 15) is 0 Å². The second kappa shape index (κ2) is 5.43. The summed E-state index contributed by atoms with van der Waals surface area (Å²) in [7, 11) is 0. The first-order valence-electron chi connectivity index (χ1n) is 5.97. The predicted octanol–water partition coefficient (Wildman–Crippen LogP) is 2.96. The van der Waals surface area contributed by atoms with E-state index in [-0.39, 0.29) is 5.60 Å². The lowest BCUT2D eigenvalue weighted by Crippen LogP contribution is -2.32. The number of hydrogen-bond donors (Lipinski definition) is 2. The lowest BCUT2D eigenvalue weighted by Gasteiger charge is -2.24. The molecular formula is C13H17ClN2OS. The van der Waals surface area contributed by atoms with Crippen LogP contribution in [0.15, 0.2) is 18.2 Å². The monoisotopic (exact) mass is 284 g/mol. The zero-order valence-electron chi connectivity index (χ0n) is 10.3. The molecule has 1 heterocycles. The van der Waals surface area contributed by atoms with E-state index in [1.54, 1.807) is 0 Å². The summed E-state index contributed by atoms with van der Waals surface area (Å²) >= 11 is 11.0. The Morgan fingerprint density at radius 3 is 2.94 bits per heavy atom. The molecule has 1 aliphatic heterocycles. The van der Waals surface area contributed by atoms with Crippen LogP contribution in [0.4, 0.5) is 5.69 Å². The second-order valence-corrected chi connectivity index (χ2v) is 5.66. The molecule has 1 aliphatic rings. The molecule has 18 heavy (non-hydrogen) atoms. The fraction of sp³-hybridized carbons (Fsp3) is 0.462. The Morgan fingerprint density at radius 1 is 1.61 bits per heavy atom. The van der Waals surface area contributed by atoms with E-state index in [4.69, 9.17) is 34.3 Å². The fourth-order valence-electron chi connectivity index (χ4n) is 2.09. The third-order valence-corrected chi connectivity index (χ3v) is 3.73. The van der Waals surface area contributed by atoms with E-state index < -0.39 is 0 Å². The Kier molecular flexibility index (Phi) is 4.10. The van der Waals surface area contributed by atoms with Crippen LogP contribution in [0.2, 0.25) is 5.02 Å². The van der Waals surface area contributed by atoms with E-state index in [2.05, 4.69) is 12.2 Å². The van der Waals surface area contributed by atoms with Crippen molar-refractivity contribution in [2.45, 2.75) is 25.4 Å². The molecule has 0 saturated carbocycles. The molecule has 1 aromatic rings. The normalized spacial score (nSPS) is 23.0. The van der Waals surface area contributed by atoms with Gasteiger partial charge in [0.2, 0.25) is 0 Å². The zero-order chi connectivity index (χ0) is 13.2. The van der Waals surface area contributed by atoms with Gasteiger partial charge in [0.05, 0.1) is 10.6 Å². The molecule has 1 saturated heterocycles. The SMILES string of the molecule is CC1(CNc2ccc(C(N)=S)c(Cl)c2)CCCO1. The van der Waals surface area contributed by atoms with Crippen molar-refractivity contribution in [3.63, 3.8) is 0 Å². The highest BCUT2D eigenvalue weighted by molar-refractivity contribution is 7.80. The van der Waals surface area contributed by atoms with Crippen LogP contribution in [0.1, 0.15) is 25.3 Å². The van der Waals surface area contributed by atoms with Crippen LogP contribution in [-0.2, 0) is 4.74 Å². The van der Waals surface area contributed by atoms with Gasteiger partial charge in [-0.1, -0.05) is 23.8 Å². The van der Waals surface area contributed by atoms with Gasteiger partial charge < -0.3 is 15.8 Å². The molecule has 2 rings (SSSR count). The molecule has 1 fully saturated rings. The summed E-state index contributed by atoms with van der Waals surface area (Å²) in [5.74, 6) is 0. The first-order chi connectivity index (χ1) is 8.50. The average Bonchev–Trinajstić information content (AvgIpc) is 2.74. The van der Waals surface area contributed by atoms with Crippen LogP contribution < -0.4 is 11.1 Å². The van der Waals surface area contributed by atoms with Gasteiger partial charge in [0, 0.05) is 24.4 Å². The molecule has 0 aromatic heterocycles. The summed E-state index contributed by atoms with van der Waals surface area (Å²) in [5.41, 5.74) is 7.15. The first kappa shape index (κ1) is 13.6. The molecule has 3 nitrogen and oxygen atoms in total. The van der Waals surface area contributed by atoms with Crippen LogP contribution in [0.3, 0.4) is 0 Å². The van der Waals surface area contributed by atoms with Crippen molar-refractivity contribution >= 4 is 34.5 Å². The summed E-state index contributed by atoms with van der Waals surface area (Å²) in [6.45, 7) is 3.74. The molecule has 1 atom stereocenters. The standard InChI is InChI=1S/C13H17ClN2OS/c1-13(5-2-6-17-13)8-16-9-3-4-10(12(15)18)11(14)7-9/h3-4,7,16H,2,5-6,8H2,1H3,(H2,15,18). The number of ether oxygens (including phenoxy) is 1.